The first-order valence-electron chi connectivity index (χ1n) is 8.08. The van der Waals surface area contributed by atoms with Gasteiger partial charge in [-0.15, -0.1) is 0 Å². The standard InChI is InChI=1S/C17H24Cl2N2O2/c1-23-11-10-21(14-4-2-3-5-14)9-8-17(22)20-16-12-13(18)6-7-15(16)19/h6-7,12,14H,2-5,8-11H2,1H3,(H,20,22). The highest BCUT2D eigenvalue weighted by molar-refractivity contribution is 6.35. The van der Waals surface area contributed by atoms with Crippen molar-refractivity contribution in [2.75, 3.05) is 32.1 Å². The zero-order chi connectivity index (χ0) is 16.7. The zero-order valence-electron chi connectivity index (χ0n) is 13.5. The summed E-state index contributed by atoms with van der Waals surface area (Å²) >= 11 is 12.0. The third-order valence-corrected chi connectivity index (χ3v) is 4.82. The quantitative estimate of drug-likeness (QED) is 0.756. The summed E-state index contributed by atoms with van der Waals surface area (Å²) in [5.74, 6) is -0.0467. The molecule has 1 aliphatic rings. The fourth-order valence-electron chi connectivity index (χ4n) is 3.01. The Labute approximate surface area is 148 Å². The summed E-state index contributed by atoms with van der Waals surface area (Å²) < 4.78 is 5.19. The number of carbonyl (C=O) groups is 1. The number of halogens is 2. The highest BCUT2D eigenvalue weighted by Crippen LogP contribution is 2.26. The van der Waals surface area contributed by atoms with E-state index in [2.05, 4.69) is 10.2 Å². The van der Waals surface area contributed by atoms with Gasteiger partial charge in [0.1, 0.15) is 0 Å². The Kier molecular flexibility index (Phi) is 7.63. The molecule has 128 valence electrons. The fourth-order valence-corrected chi connectivity index (χ4v) is 3.34. The predicted molar refractivity (Wildman–Crippen MR) is 95.4 cm³/mol. The topological polar surface area (TPSA) is 41.6 Å². The molecule has 0 aromatic heterocycles. The number of nitrogens with zero attached hydrogens (tertiary/aromatic N) is 1. The number of rotatable bonds is 8. The van der Waals surface area contributed by atoms with Crippen LogP contribution >= 0.6 is 23.2 Å². The molecule has 2 rings (SSSR count). The molecule has 0 bridgehead atoms. The van der Waals surface area contributed by atoms with Crippen LogP contribution in [0.1, 0.15) is 32.1 Å². The van der Waals surface area contributed by atoms with Crippen LogP contribution in [0.2, 0.25) is 10.0 Å². The van der Waals surface area contributed by atoms with Crippen molar-refractivity contribution in [1.29, 1.82) is 0 Å². The van der Waals surface area contributed by atoms with E-state index in [4.69, 9.17) is 27.9 Å². The molecule has 1 saturated carbocycles. The fraction of sp³-hybridized carbons (Fsp3) is 0.588. The molecular formula is C17H24Cl2N2O2. The van der Waals surface area contributed by atoms with Crippen LogP contribution in [0, 0.1) is 0 Å². The molecular weight excluding hydrogens is 335 g/mol. The summed E-state index contributed by atoms with van der Waals surface area (Å²) in [5.41, 5.74) is 0.563. The number of benzene rings is 1. The normalized spacial score (nSPS) is 15.3. The third-order valence-electron chi connectivity index (χ3n) is 4.25. The molecule has 0 heterocycles. The van der Waals surface area contributed by atoms with Crippen LogP contribution in [-0.4, -0.2) is 43.7 Å². The van der Waals surface area contributed by atoms with Crippen molar-refractivity contribution in [1.82, 2.24) is 4.90 Å². The number of hydrogen-bond acceptors (Lipinski definition) is 3. The lowest BCUT2D eigenvalue weighted by molar-refractivity contribution is -0.116. The molecule has 1 aromatic carbocycles. The van der Waals surface area contributed by atoms with Gasteiger partial charge in [-0.3, -0.25) is 9.69 Å². The maximum Gasteiger partial charge on any atom is 0.225 e. The van der Waals surface area contributed by atoms with Gasteiger partial charge in [0, 0.05) is 37.7 Å². The minimum atomic E-state index is -0.0467. The van der Waals surface area contributed by atoms with Crippen molar-refractivity contribution in [2.24, 2.45) is 0 Å². The van der Waals surface area contributed by atoms with Crippen LogP contribution < -0.4 is 5.32 Å². The highest BCUT2D eigenvalue weighted by Gasteiger charge is 2.22. The van der Waals surface area contributed by atoms with Crippen molar-refractivity contribution in [2.45, 2.75) is 38.1 Å². The van der Waals surface area contributed by atoms with E-state index in [-0.39, 0.29) is 5.91 Å². The highest BCUT2D eigenvalue weighted by atomic mass is 35.5. The second-order valence-corrected chi connectivity index (χ2v) is 6.73. The molecule has 6 heteroatoms. The molecule has 1 N–H and O–H groups in total. The summed E-state index contributed by atoms with van der Waals surface area (Å²) in [6.45, 7) is 2.29. The summed E-state index contributed by atoms with van der Waals surface area (Å²) in [5, 5.41) is 3.89. The van der Waals surface area contributed by atoms with Crippen molar-refractivity contribution in [3.05, 3.63) is 28.2 Å². The zero-order valence-corrected chi connectivity index (χ0v) is 15.0. The Morgan fingerprint density at radius 2 is 2.04 bits per heavy atom. The molecule has 23 heavy (non-hydrogen) atoms. The molecule has 1 fully saturated rings. The van der Waals surface area contributed by atoms with Gasteiger partial charge in [-0.25, -0.2) is 0 Å². The van der Waals surface area contributed by atoms with Crippen LogP contribution in [0.4, 0.5) is 5.69 Å². The SMILES string of the molecule is COCCN(CCC(=O)Nc1cc(Cl)ccc1Cl)C1CCCC1. The largest absolute Gasteiger partial charge is 0.383 e. The van der Waals surface area contributed by atoms with Crippen LogP contribution in [0.5, 0.6) is 0 Å². The predicted octanol–water partition coefficient (Wildman–Crippen LogP) is 4.21. The molecule has 1 aliphatic carbocycles. The van der Waals surface area contributed by atoms with Crippen molar-refractivity contribution in [3.63, 3.8) is 0 Å². The van der Waals surface area contributed by atoms with Gasteiger partial charge in [-0.1, -0.05) is 36.0 Å². The molecule has 0 unspecified atom stereocenters. The van der Waals surface area contributed by atoms with Gasteiger partial charge >= 0.3 is 0 Å². The van der Waals surface area contributed by atoms with Gasteiger partial charge in [0.05, 0.1) is 17.3 Å². The molecule has 1 amide bonds. The number of ether oxygens (including phenoxy) is 1. The van der Waals surface area contributed by atoms with Gasteiger partial charge in [-0.2, -0.15) is 0 Å². The molecule has 4 nitrogen and oxygen atoms in total. The minimum absolute atomic E-state index is 0.0467. The number of carbonyl (C=O) groups excluding carboxylic acids is 1. The molecule has 0 aliphatic heterocycles. The second-order valence-electron chi connectivity index (χ2n) is 5.89. The maximum absolute atomic E-state index is 12.2. The molecule has 1 aromatic rings. The van der Waals surface area contributed by atoms with Gasteiger partial charge in [0.15, 0.2) is 0 Å². The van der Waals surface area contributed by atoms with E-state index >= 15 is 0 Å². The monoisotopic (exact) mass is 358 g/mol. The van der Waals surface area contributed by atoms with Crippen molar-refractivity contribution >= 4 is 34.8 Å². The summed E-state index contributed by atoms with van der Waals surface area (Å²) in [4.78, 5) is 14.6. The van der Waals surface area contributed by atoms with Crippen molar-refractivity contribution in [3.8, 4) is 0 Å². The maximum atomic E-state index is 12.2. The lowest BCUT2D eigenvalue weighted by Gasteiger charge is -2.28. The third kappa shape index (κ3) is 5.96. The number of hydrogen-bond donors (Lipinski definition) is 1. The van der Waals surface area contributed by atoms with Crippen LogP contribution in [-0.2, 0) is 9.53 Å². The van der Waals surface area contributed by atoms with E-state index in [0.29, 0.717) is 34.8 Å². The molecule has 0 saturated heterocycles. The molecule has 0 atom stereocenters. The Balaban J connectivity index is 1.86. The Hall–Kier alpha value is -0.810. The summed E-state index contributed by atoms with van der Waals surface area (Å²) in [7, 11) is 1.71. The Bertz CT molecular complexity index is 519. The van der Waals surface area contributed by atoms with Gasteiger partial charge in [0.25, 0.3) is 0 Å². The van der Waals surface area contributed by atoms with Crippen LogP contribution in [0.15, 0.2) is 18.2 Å². The van der Waals surface area contributed by atoms with E-state index in [1.54, 1.807) is 25.3 Å². The number of amides is 1. The van der Waals surface area contributed by atoms with Gasteiger partial charge < -0.3 is 10.1 Å². The number of anilines is 1. The lowest BCUT2D eigenvalue weighted by Crippen LogP contribution is -2.38. The first kappa shape index (κ1) is 18.5. The van der Waals surface area contributed by atoms with Crippen molar-refractivity contribution < 1.29 is 9.53 Å². The number of nitrogens with one attached hydrogen (secondary N) is 1. The number of methoxy groups -OCH3 is 1. The van der Waals surface area contributed by atoms with Gasteiger partial charge in [0.2, 0.25) is 5.91 Å². The van der Waals surface area contributed by atoms with E-state index in [9.17, 15) is 4.79 Å². The molecule has 0 radical (unpaired) electrons. The Morgan fingerprint density at radius 1 is 1.30 bits per heavy atom. The summed E-state index contributed by atoms with van der Waals surface area (Å²) in [6.07, 6.45) is 5.41. The van der Waals surface area contributed by atoms with E-state index in [1.807, 2.05) is 0 Å². The smallest absolute Gasteiger partial charge is 0.225 e. The second kappa shape index (κ2) is 9.48. The lowest BCUT2D eigenvalue weighted by atomic mass is 10.2. The van der Waals surface area contributed by atoms with E-state index < -0.39 is 0 Å². The summed E-state index contributed by atoms with van der Waals surface area (Å²) in [6, 6.07) is 5.63. The van der Waals surface area contributed by atoms with E-state index in [0.717, 1.165) is 13.1 Å². The van der Waals surface area contributed by atoms with Gasteiger partial charge in [-0.05, 0) is 31.0 Å². The van der Waals surface area contributed by atoms with Crippen LogP contribution in [0.3, 0.4) is 0 Å². The average molecular weight is 359 g/mol. The van der Waals surface area contributed by atoms with Crippen LogP contribution in [0.25, 0.3) is 0 Å². The first-order valence-corrected chi connectivity index (χ1v) is 8.83. The minimum Gasteiger partial charge on any atom is -0.383 e. The first-order chi connectivity index (χ1) is 11.1. The van der Waals surface area contributed by atoms with E-state index in [1.165, 1.54) is 25.7 Å². The average Bonchev–Trinajstić information content (AvgIpc) is 3.05. The Morgan fingerprint density at radius 3 is 2.74 bits per heavy atom. The molecule has 0 spiro atoms.